The molecule has 2 aliphatic rings. The third kappa shape index (κ3) is 2.65. The van der Waals surface area contributed by atoms with Gasteiger partial charge < -0.3 is 10.1 Å². The van der Waals surface area contributed by atoms with Gasteiger partial charge in [-0.15, -0.1) is 0 Å². The summed E-state index contributed by atoms with van der Waals surface area (Å²) in [5, 5.41) is 6.15. The lowest BCUT2D eigenvalue weighted by atomic mass is 9.98. The lowest BCUT2D eigenvalue weighted by Gasteiger charge is -2.24. The lowest BCUT2D eigenvalue weighted by Crippen LogP contribution is -2.27. The second-order valence-corrected chi connectivity index (χ2v) is 6.61. The molecule has 2 fully saturated rings. The largest absolute Gasteiger partial charge is 0.382 e. The van der Waals surface area contributed by atoms with Crippen LogP contribution < -0.4 is 5.32 Å². The molecule has 0 amide bonds. The van der Waals surface area contributed by atoms with Gasteiger partial charge in [-0.1, -0.05) is 43.2 Å². The molecule has 0 radical (unpaired) electrons. The molecule has 1 aliphatic heterocycles. The molecule has 21 heavy (non-hydrogen) atoms. The van der Waals surface area contributed by atoms with Crippen LogP contribution in [0.1, 0.15) is 38.5 Å². The Kier molecular flexibility index (Phi) is 3.34. The molecule has 1 spiro atoms. The van der Waals surface area contributed by atoms with E-state index < -0.39 is 0 Å². The van der Waals surface area contributed by atoms with Crippen molar-refractivity contribution < 1.29 is 4.74 Å². The second-order valence-electron chi connectivity index (χ2n) is 6.61. The molecule has 2 aromatic carbocycles. The fourth-order valence-corrected chi connectivity index (χ4v) is 3.96. The maximum absolute atomic E-state index is 6.36. The van der Waals surface area contributed by atoms with Crippen molar-refractivity contribution in [2.24, 2.45) is 0 Å². The topological polar surface area (TPSA) is 21.3 Å². The van der Waals surface area contributed by atoms with E-state index in [0.717, 1.165) is 6.54 Å². The summed E-state index contributed by atoms with van der Waals surface area (Å²) in [4.78, 5) is 0. The van der Waals surface area contributed by atoms with Crippen LogP contribution in [0.25, 0.3) is 10.8 Å². The van der Waals surface area contributed by atoms with Crippen molar-refractivity contribution in [1.82, 2.24) is 0 Å². The maximum Gasteiger partial charge on any atom is 0.0756 e. The highest BCUT2D eigenvalue weighted by Gasteiger charge is 2.41. The van der Waals surface area contributed by atoms with Gasteiger partial charge in [-0.05, 0) is 48.6 Å². The minimum atomic E-state index is 0.246. The van der Waals surface area contributed by atoms with Gasteiger partial charge in [-0.2, -0.15) is 0 Å². The van der Waals surface area contributed by atoms with Crippen LogP contribution in [0.4, 0.5) is 5.69 Å². The molecule has 1 saturated carbocycles. The van der Waals surface area contributed by atoms with E-state index in [4.69, 9.17) is 4.74 Å². The van der Waals surface area contributed by atoms with E-state index in [2.05, 4.69) is 47.8 Å². The molecule has 1 N–H and O–H groups in total. The third-order valence-corrected chi connectivity index (χ3v) is 5.14. The number of ether oxygens (including phenoxy) is 1. The summed E-state index contributed by atoms with van der Waals surface area (Å²) < 4.78 is 6.36. The van der Waals surface area contributed by atoms with E-state index >= 15 is 0 Å². The first-order chi connectivity index (χ1) is 10.3. The first kappa shape index (κ1) is 13.1. The molecule has 110 valence electrons. The van der Waals surface area contributed by atoms with Gasteiger partial charge in [0.2, 0.25) is 0 Å². The molecule has 1 saturated heterocycles. The molecule has 0 bridgehead atoms. The van der Waals surface area contributed by atoms with Crippen LogP contribution in [0, 0.1) is 0 Å². The summed E-state index contributed by atoms with van der Waals surface area (Å²) in [5.74, 6) is 0. The van der Waals surface area contributed by atoms with E-state index in [0.29, 0.717) is 6.10 Å². The monoisotopic (exact) mass is 281 g/mol. The number of benzene rings is 2. The number of anilines is 1. The summed E-state index contributed by atoms with van der Waals surface area (Å²) >= 11 is 0. The first-order valence-electron chi connectivity index (χ1n) is 8.24. The van der Waals surface area contributed by atoms with Crippen molar-refractivity contribution in [1.29, 1.82) is 0 Å². The zero-order valence-electron chi connectivity index (χ0n) is 12.5. The Bertz CT molecular complexity index is 630. The van der Waals surface area contributed by atoms with Crippen LogP contribution in [-0.4, -0.2) is 18.2 Å². The van der Waals surface area contributed by atoms with Gasteiger partial charge in [0, 0.05) is 12.2 Å². The van der Waals surface area contributed by atoms with Crippen molar-refractivity contribution in [3.05, 3.63) is 42.5 Å². The van der Waals surface area contributed by atoms with Crippen LogP contribution in [-0.2, 0) is 4.74 Å². The molecular formula is C19H23NO. The number of hydrogen-bond donors (Lipinski definition) is 1. The fraction of sp³-hybridized carbons (Fsp3) is 0.474. The molecule has 4 rings (SSSR count). The molecule has 1 atom stereocenters. The number of rotatable bonds is 3. The summed E-state index contributed by atoms with van der Waals surface area (Å²) in [6.07, 6.45) is 8.11. The van der Waals surface area contributed by atoms with E-state index in [-0.39, 0.29) is 5.60 Å². The highest BCUT2D eigenvalue weighted by Crippen LogP contribution is 2.43. The van der Waals surface area contributed by atoms with Gasteiger partial charge in [-0.3, -0.25) is 0 Å². The normalized spacial score (nSPS) is 23.9. The molecule has 1 heterocycles. The summed E-state index contributed by atoms with van der Waals surface area (Å²) in [7, 11) is 0. The highest BCUT2D eigenvalue weighted by atomic mass is 16.5. The van der Waals surface area contributed by atoms with E-state index in [9.17, 15) is 0 Å². The average molecular weight is 281 g/mol. The van der Waals surface area contributed by atoms with Crippen LogP contribution in [0.15, 0.2) is 42.5 Å². The second kappa shape index (κ2) is 5.34. The van der Waals surface area contributed by atoms with Crippen LogP contribution in [0.3, 0.4) is 0 Å². The van der Waals surface area contributed by atoms with Gasteiger partial charge in [0.25, 0.3) is 0 Å². The highest BCUT2D eigenvalue weighted by molar-refractivity contribution is 5.85. The number of nitrogens with one attached hydrogen (secondary N) is 1. The van der Waals surface area contributed by atoms with Crippen LogP contribution >= 0.6 is 0 Å². The molecule has 0 aromatic heterocycles. The van der Waals surface area contributed by atoms with Gasteiger partial charge in [-0.25, -0.2) is 0 Å². The molecule has 1 unspecified atom stereocenters. The van der Waals surface area contributed by atoms with Crippen molar-refractivity contribution in [3.8, 4) is 0 Å². The summed E-state index contributed by atoms with van der Waals surface area (Å²) in [5.41, 5.74) is 1.44. The van der Waals surface area contributed by atoms with Crippen molar-refractivity contribution >= 4 is 16.5 Å². The zero-order chi connectivity index (χ0) is 14.1. The van der Waals surface area contributed by atoms with Gasteiger partial charge >= 0.3 is 0 Å². The zero-order valence-corrected chi connectivity index (χ0v) is 12.5. The Labute approximate surface area is 126 Å². The Morgan fingerprint density at radius 3 is 2.67 bits per heavy atom. The van der Waals surface area contributed by atoms with Crippen molar-refractivity contribution in [2.75, 3.05) is 11.9 Å². The maximum atomic E-state index is 6.36. The molecule has 2 nitrogen and oxygen atoms in total. The number of hydrogen-bond acceptors (Lipinski definition) is 2. The smallest absolute Gasteiger partial charge is 0.0756 e. The Morgan fingerprint density at radius 2 is 1.81 bits per heavy atom. The lowest BCUT2D eigenvalue weighted by molar-refractivity contribution is -0.0307. The quantitative estimate of drug-likeness (QED) is 0.877. The molecule has 1 aliphatic carbocycles. The third-order valence-electron chi connectivity index (χ3n) is 5.14. The van der Waals surface area contributed by atoms with E-state index in [1.54, 1.807) is 0 Å². The van der Waals surface area contributed by atoms with Gasteiger partial charge in [0.1, 0.15) is 0 Å². The SMILES string of the molecule is c1ccc2cc(NCC3CCC4(CCCC4)O3)ccc2c1. The van der Waals surface area contributed by atoms with Crippen LogP contribution in [0.5, 0.6) is 0 Å². The molecule has 2 heteroatoms. The van der Waals surface area contributed by atoms with Crippen LogP contribution in [0.2, 0.25) is 0 Å². The predicted octanol–water partition coefficient (Wildman–Crippen LogP) is 4.74. The average Bonchev–Trinajstić information content (AvgIpc) is 3.15. The Morgan fingerprint density at radius 1 is 1.00 bits per heavy atom. The predicted molar refractivity (Wildman–Crippen MR) is 87.7 cm³/mol. The standard InChI is InChI=1S/C19H23NO/c1-2-6-16-13-17(8-7-15(16)5-1)20-14-18-9-12-19(21-18)10-3-4-11-19/h1-2,5-8,13,18,20H,3-4,9-12,14H2. The van der Waals surface area contributed by atoms with Crippen molar-refractivity contribution in [2.45, 2.75) is 50.2 Å². The minimum Gasteiger partial charge on any atom is -0.382 e. The summed E-state index contributed by atoms with van der Waals surface area (Å²) in [6, 6.07) is 15.1. The van der Waals surface area contributed by atoms with E-state index in [1.165, 1.54) is 55.0 Å². The van der Waals surface area contributed by atoms with Gasteiger partial charge in [0.15, 0.2) is 0 Å². The first-order valence-corrected chi connectivity index (χ1v) is 8.24. The Balaban J connectivity index is 1.39. The fourth-order valence-electron chi connectivity index (χ4n) is 3.96. The van der Waals surface area contributed by atoms with Crippen molar-refractivity contribution in [3.63, 3.8) is 0 Å². The summed E-state index contributed by atoms with van der Waals surface area (Å²) in [6.45, 7) is 0.931. The van der Waals surface area contributed by atoms with E-state index in [1.807, 2.05) is 0 Å². The molecular weight excluding hydrogens is 258 g/mol. The minimum absolute atomic E-state index is 0.246. The van der Waals surface area contributed by atoms with Gasteiger partial charge in [0.05, 0.1) is 11.7 Å². The molecule has 2 aromatic rings. The number of fused-ring (bicyclic) bond motifs is 1. The Hall–Kier alpha value is -1.54.